The summed E-state index contributed by atoms with van der Waals surface area (Å²) in [5.74, 6) is -0.117. The number of aryl methyl sites for hydroxylation is 1. The van der Waals surface area contributed by atoms with Crippen molar-refractivity contribution in [2.24, 2.45) is 5.92 Å². The average molecular weight is 308 g/mol. The second-order valence-electron chi connectivity index (χ2n) is 6.27. The Bertz CT molecular complexity index is 620. The van der Waals surface area contributed by atoms with E-state index in [9.17, 15) is 4.79 Å². The molecule has 1 saturated heterocycles. The van der Waals surface area contributed by atoms with E-state index >= 15 is 0 Å². The van der Waals surface area contributed by atoms with Gasteiger partial charge in [0, 0.05) is 38.4 Å². The molecule has 0 amide bonds. The zero-order chi connectivity index (χ0) is 16.1. The van der Waals surface area contributed by atoms with Gasteiger partial charge < -0.3 is 9.69 Å². The third kappa shape index (κ3) is 3.99. The van der Waals surface area contributed by atoms with Crippen LogP contribution >= 0.6 is 0 Å². The predicted molar refractivity (Wildman–Crippen MR) is 93.9 cm³/mol. The van der Waals surface area contributed by atoms with Crippen LogP contribution in [0.15, 0.2) is 60.3 Å². The number of hydrogen-bond donors (Lipinski definition) is 0. The molecular weight excluding hydrogens is 284 g/mol. The maximum atomic E-state index is 11.3. The molecule has 23 heavy (non-hydrogen) atoms. The molecule has 1 heterocycles. The number of hydrogen-bond acceptors (Lipinski definition) is 3. The molecule has 0 N–H and O–H groups in total. The largest absolute Gasteiger partial charge is 0.371 e. The minimum absolute atomic E-state index is 0.117. The van der Waals surface area contributed by atoms with Gasteiger partial charge in [0.05, 0.1) is 5.92 Å². The SMILES string of the molecule is Cc1ccc(CN2CCN(C3=CC=CC=CC3C=O)CC2)cc1. The van der Waals surface area contributed by atoms with Gasteiger partial charge in [-0.3, -0.25) is 4.90 Å². The van der Waals surface area contributed by atoms with E-state index in [4.69, 9.17) is 0 Å². The van der Waals surface area contributed by atoms with Gasteiger partial charge in [-0.25, -0.2) is 0 Å². The summed E-state index contributed by atoms with van der Waals surface area (Å²) in [4.78, 5) is 16.2. The van der Waals surface area contributed by atoms with Crippen molar-refractivity contribution in [2.75, 3.05) is 26.2 Å². The van der Waals surface area contributed by atoms with Crippen molar-refractivity contribution in [3.63, 3.8) is 0 Å². The lowest BCUT2D eigenvalue weighted by molar-refractivity contribution is -0.109. The third-order valence-corrected chi connectivity index (χ3v) is 4.56. The molecule has 120 valence electrons. The highest BCUT2D eigenvalue weighted by atomic mass is 16.1. The fourth-order valence-electron chi connectivity index (χ4n) is 3.16. The van der Waals surface area contributed by atoms with E-state index < -0.39 is 0 Å². The van der Waals surface area contributed by atoms with E-state index in [0.29, 0.717) is 0 Å². The molecule has 3 rings (SSSR count). The van der Waals surface area contributed by atoms with Crippen LogP contribution in [0.1, 0.15) is 11.1 Å². The molecule has 0 radical (unpaired) electrons. The first-order valence-electron chi connectivity index (χ1n) is 8.29. The molecule has 1 aliphatic carbocycles. The minimum Gasteiger partial charge on any atom is -0.371 e. The van der Waals surface area contributed by atoms with Crippen LogP contribution in [0.5, 0.6) is 0 Å². The highest BCUT2D eigenvalue weighted by Crippen LogP contribution is 2.21. The van der Waals surface area contributed by atoms with E-state index in [1.165, 1.54) is 11.1 Å². The topological polar surface area (TPSA) is 23.6 Å². The van der Waals surface area contributed by atoms with Crippen LogP contribution < -0.4 is 0 Å². The molecule has 1 aromatic carbocycles. The molecule has 1 fully saturated rings. The molecule has 3 heteroatoms. The normalized spacial score (nSPS) is 21.9. The Morgan fingerprint density at radius 2 is 1.78 bits per heavy atom. The molecule has 1 atom stereocenters. The van der Waals surface area contributed by atoms with Crippen LogP contribution in [0.25, 0.3) is 0 Å². The van der Waals surface area contributed by atoms with Gasteiger partial charge in [0.15, 0.2) is 0 Å². The van der Waals surface area contributed by atoms with Crippen molar-refractivity contribution < 1.29 is 4.79 Å². The Hall–Kier alpha value is -2.13. The third-order valence-electron chi connectivity index (χ3n) is 4.56. The van der Waals surface area contributed by atoms with Gasteiger partial charge in [-0.15, -0.1) is 0 Å². The Morgan fingerprint density at radius 3 is 2.48 bits per heavy atom. The van der Waals surface area contributed by atoms with Gasteiger partial charge >= 0.3 is 0 Å². The van der Waals surface area contributed by atoms with E-state index in [2.05, 4.69) is 47.1 Å². The summed E-state index contributed by atoms with van der Waals surface area (Å²) in [5, 5.41) is 0. The van der Waals surface area contributed by atoms with Crippen LogP contribution in [0.3, 0.4) is 0 Å². The summed E-state index contributed by atoms with van der Waals surface area (Å²) in [7, 11) is 0. The highest BCUT2D eigenvalue weighted by Gasteiger charge is 2.22. The molecule has 0 saturated carbocycles. The zero-order valence-electron chi connectivity index (χ0n) is 13.7. The number of aldehydes is 1. The van der Waals surface area contributed by atoms with E-state index in [1.807, 2.05) is 24.3 Å². The van der Waals surface area contributed by atoms with Crippen LogP contribution in [0, 0.1) is 12.8 Å². The summed E-state index contributed by atoms with van der Waals surface area (Å²) in [6.45, 7) is 7.14. The van der Waals surface area contributed by atoms with Crippen molar-refractivity contribution in [2.45, 2.75) is 13.5 Å². The Morgan fingerprint density at radius 1 is 1.04 bits per heavy atom. The monoisotopic (exact) mass is 308 g/mol. The van der Waals surface area contributed by atoms with Crippen molar-refractivity contribution in [1.29, 1.82) is 0 Å². The van der Waals surface area contributed by atoms with Gasteiger partial charge in [0.25, 0.3) is 0 Å². The van der Waals surface area contributed by atoms with Crippen LogP contribution in [0.2, 0.25) is 0 Å². The second-order valence-corrected chi connectivity index (χ2v) is 6.27. The lowest BCUT2D eigenvalue weighted by Gasteiger charge is -2.38. The number of nitrogens with zero attached hydrogens (tertiary/aromatic N) is 2. The number of carbonyl (C=O) groups is 1. The summed E-state index contributed by atoms with van der Waals surface area (Å²) in [6, 6.07) is 8.78. The van der Waals surface area contributed by atoms with E-state index in [1.54, 1.807) is 0 Å². The first-order chi connectivity index (χ1) is 11.3. The molecular formula is C20H24N2O. The first-order valence-corrected chi connectivity index (χ1v) is 8.29. The highest BCUT2D eigenvalue weighted by molar-refractivity contribution is 5.62. The molecule has 1 unspecified atom stereocenters. The van der Waals surface area contributed by atoms with Crippen LogP contribution in [-0.4, -0.2) is 42.3 Å². The molecule has 3 nitrogen and oxygen atoms in total. The molecule has 1 aliphatic heterocycles. The average Bonchev–Trinajstić information content (AvgIpc) is 2.83. The van der Waals surface area contributed by atoms with Gasteiger partial charge in [0.1, 0.15) is 6.29 Å². The lowest BCUT2D eigenvalue weighted by atomic mass is 10.0. The quantitative estimate of drug-likeness (QED) is 0.799. The fourth-order valence-corrected chi connectivity index (χ4v) is 3.16. The summed E-state index contributed by atoms with van der Waals surface area (Å²) >= 11 is 0. The summed E-state index contributed by atoms with van der Waals surface area (Å²) < 4.78 is 0. The van der Waals surface area contributed by atoms with E-state index in [-0.39, 0.29) is 5.92 Å². The van der Waals surface area contributed by atoms with Crippen molar-refractivity contribution in [3.05, 3.63) is 71.5 Å². The number of allylic oxidation sites excluding steroid dienone is 5. The fraction of sp³-hybridized carbons (Fsp3) is 0.350. The maximum Gasteiger partial charge on any atom is 0.132 e. The Labute approximate surface area is 138 Å². The second kappa shape index (κ2) is 7.42. The maximum absolute atomic E-state index is 11.3. The van der Waals surface area contributed by atoms with Crippen LogP contribution in [-0.2, 0) is 11.3 Å². The number of rotatable bonds is 4. The van der Waals surface area contributed by atoms with Crippen molar-refractivity contribution >= 4 is 6.29 Å². The van der Waals surface area contributed by atoms with Crippen LogP contribution in [0.4, 0.5) is 0 Å². The molecule has 0 bridgehead atoms. The van der Waals surface area contributed by atoms with Gasteiger partial charge in [-0.1, -0.05) is 54.1 Å². The molecule has 2 aliphatic rings. The van der Waals surface area contributed by atoms with Gasteiger partial charge in [-0.2, -0.15) is 0 Å². The Kier molecular flexibility index (Phi) is 5.09. The first kappa shape index (κ1) is 15.8. The molecule has 1 aromatic rings. The van der Waals surface area contributed by atoms with Gasteiger partial charge in [-0.05, 0) is 18.6 Å². The zero-order valence-corrected chi connectivity index (χ0v) is 13.7. The standard InChI is InChI=1S/C20H24N2O/c1-17-7-9-18(10-8-17)15-21-11-13-22(14-12-21)20-6-4-2-3-5-19(20)16-23/h2-10,16,19H,11-15H2,1H3. The molecule has 0 aromatic heterocycles. The van der Waals surface area contributed by atoms with E-state index in [0.717, 1.165) is 44.7 Å². The number of carbonyl (C=O) groups excluding carboxylic acids is 1. The summed E-state index contributed by atoms with van der Waals surface area (Å²) in [5.41, 5.74) is 3.80. The smallest absolute Gasteiger partial charge is 0.132 e. The number of piperazine rings is 1. The summed E-state index contributed by atoms with van der Waals surface area (Å²) in [6.07, 6.45) is 11.0. The predicted octanol–water partition coefficient (Wildman–Crippen LogP) is 2.94. The Balaban J connectivity index is 1.58. The minimum atomic E-state index is -0.117. The number of benzene rings is 1. The molecule has 0 spiro atoms. The van der Waals surface area contributed by atoms with Crippen molar-refractivity contribution in [3.8, 4) is 0 Å². The van der Waals surface area contributed by atoms with Gasteiger partial charge in [0.2, 0.25) is 0 Å². The lowest BCUT2D eigenvalue weighted by Crippen LogP contribution is -2.46. The van der Waals surface area contributed by atoms with Crippen molar-refractivity contribution in [1.82, 2.24) is 9.80 Å².